The van der Waals surface area contributed by atoms with E-state index in [4.69, 9.17) is 11.6 Å². The van der Waals surface area contributed by atoms with Gasteiger partial charge in [0.05, 0.1) is 22.8 Å². The molecule has 96 valence electrons. The van der Waals surface area contributed by atoms with Gasteiger partial charge in [0.2, 0.25) is 5.96 Å². The molecule has 0 spiro atoms. The highest BCUT2D eigenvalue weighted by atomic mass is 35.5. The van der Waals surface area contributed by atoms with Crippen LogP contribution in [0, 0.1) is 6.92 Å². The van der Waals surface area contributed by atoms with Crippen LogP contribution >= 0.6 is 11.6 Å². The highest BCUT2D eigenvalue weighted by Crippen LogP contribution is 2.37. The lowest BCUT2D eigenvalue weighted by atomic mass is 10.1. The first-order valence-corrected chi connectivity index (χ1v) is 6.73. The second-order valence-electron chi connectivity index (χ2n) is 5.64. The minimum atomic E-state index is 0.126. The van der Waals surface area contributed by atoms with Crippen molar-refractivity contribution < 1.29 is 0 Å². The summed E-state index contributed by atoms with van der Waals surface area (Å²) in [5.41, 5.74) is 2.44. The average Bonchev–Trinajstić information content (AvgIpc) is 2.83. The molecule has 2 aliphatic heterocycles. The van der Waals surface area contributed by atoms with E-state index in [1.54, 1.807) is 0 Å². The second kappa shape index (κ2) is 3.89. The molecule has 0 atom stereocenters. The van der Waals surface area contributed by atoms with Crippen LogP contribution in [0.5, 0.6) is 0 Å². The Labute approximate surface area is 113 Å². The molecule has 0 bridgehead atoms. The van der Waals surface area contributed by atoms with E-state index in [-0.39, 0.29) is 5.54 Å². The summed E-state index contributed by atoms with van der Waals surface area (Å²) >= 11 is 6.38. The number of fused-ring (bicyclic) bond motifs is 1. The number of nitrogens with zero attached hydrogens (tertiary/aromatic N) is 3. The molecule has 4 heteroatoms. The van der Waals surface area contributed by atoms with Gasteiger partial charge < -0.3 is 9.80 Å². The normalized spacial score (nSPS) is 21.2. The smallest absolute Gasteiger partial charge is 0.201 e. The molecule has 1 aromatic carbocycles. The summed E-state index contributed by atoms with van der Waals surface area (Å²) in [6.07, 6.45) is 0. The quantitative estimate of drug-likeness (QED) is 0.776. The summed E-state index contributed by atoms with van der Waals surface area (Å²) in [5.74, 6) is 1.08. The maximum atomic E-state index is 6.38. The van der Waals surface area contributed by atoms with E-state index >= 15 is 0 Å². The SMILES string of the molecule is Cc1cccc(Cl)c1N1CC(C)(C)N2CCN=C12. The fourth-order valence-corrected chi connectivity index (χ4v) is 3.25. The summed E-state index contributed by atoms with van der Waals surface area (Å²) in [7, 11) is 0. The lowest BCUT2D eigenvalue weighted by Crippen LogP contribution is -2.40. The summed E-state index contributed by atoms with van der Waals surface area (Å²) in [5, 5.41) is 0.808. The van der Waals surface area contributed by atoms with Gasteiger partial charge >= 0.3 is 0 Å². The van der Waals surface area contributed by atoms with E-state index in [0.29, 0.717) is 0 Å². The van der Waals surface area contributed by atoms with E-state index in [1.807, 2.05) is 12.1 Å². The minimum Gasteiger partial charge on any atom is -0.334 e. The third kappa shape index (κ3) is 1.61. The van der Waals surface area contributed by atoms with Crippen LogP contribution < -0.4 is 4.90 Å². The van der Waals surface area contributed by atoms with Crippen LogP contribution in [-0.2, 0) is 0 Å². The van der Waals surface area contributed by atoms with Crippen LogP contribution in [-0.4, -0.2) is 36.0 Å². The summed E-state index contributed by atoms with van der Waals surface area (Å²) in [4.78, 5) is 9.30. The molecule has 2 heterocycles. The number of hydrogen-bond acceptors (Lipinski definition) is 3. The third-order valence-corrected chi connectivity index (χ3v) is 4.10. The lowest BCUT2D eigenvalue weighted by molar-refractivity contribution is 0.272. The van der Waals surface area contributed by atoms with Crippen LogP contribution in [0.3, 0.4) is 0 Å². The van der Waals surface area contributed by atoms with Crippen molar-refractivity contribution >= 4 is 23.2 Å². The molecule has 0 N–H and O–H groups in total. The van der Waals surface area contributed by atoms with Gasteiger partial charge in [-0.2, -0.15) is 0 Å². The van der Waals surface area contributed by atoms with Gasteiger partial charge in [-0.25, -0.2) is 0 Å². The van der Waals surface area contributed by atoms with Crippen molar-refractivity contribution in [1.29, 1.82) is 0 Å². The number of benzene rings is 1. The molecule has 0 unspecified atom stereocenters. The molecule has 0 aromatic heterocycles. The first-order valence-electron chi connectivity index (χ1n) is 6.35. The number of para-hydroxylation sites is 1. The third-order valence-electron chi connectivity index (χ3n) is 3.79. The molecule has 0 saturated carbocycles. The number of guanidine groups is 1. The van der Waals surface area contributed by atoms with Crippen molar-refractivity contribution in [3.8, 4) is 0 Å². The van der Waals surface area contributed by atoms with Gasteiger partial charge in [0.1, 0.15) is 0 Å². The Balaban J connectivity index is 2.08. The molecular weight excluding hydrogens is 246 g/mol. The molecule has 0 amide bonds. The zero-order valence-electron chi connectivity index (χ0n) is 11.1. The van der Waals surface area contributed by atoms with E-state index in [9.17, 15) is 0 Å². The summed E-state index contributed by atoms with van der Waals surface area (Å²) in [6, 6.07) is 6.05. The highest BCUT2D eigenvalue weighted by molar-refractivity contribution is 6.34. The number of aliphatic imine (C=N–C) groups is 1. The summed E-state index contributed by atoms with van der Waals surface area (Å²) in [6.45, 7) is 9.48. The first-order chi connectivity index (χ1) is 8.50. The molecule has 1 saturated heterocycles. The highest BCUT2D eigenvalue weighted by Gasteiger charge is 2.44. The molecule has 0 aliphatic carbocycles. The van der Waals surface area contributed by atoms with Gasteiger partial charge in [0.25, 0.3) is 0 Å². The maximum Gasteiger partial charge on any atom is 0.201 e. The molecule has 3 nitrogen and oxygen atoms in total. The Morgan fingerprint density at radius 2 is 2.11 bits per heavy atom. The number of rotatable bonds is 1. The minimum absolute atomic E-state index is 0.126. The topological polar surface area (TPSA) is 18.8 Å². The lowest BCUT2D eigenvalue weighted by Gasteiger charge is -2.27. The number of aryl methyl sites for hydroxylation is 1. The fourth-order valence-electron chi connectivity index (χ4n) is 2.93. The van der Waals surface area contributed by atoms with Crippen LogP contribution in [0.2, 0.25) is 5.02 Å². The maximum absolute atomic E-state index is 6.38. The van der Waals surface area contributed by atoms with Crippen molar-refractivity contribution in [2.45, 2.75) is 26.3 Å². The Morgan fingerprint density at radius 3 is 2.83 bits per heavy atom. The molecular formula is C14H18ClN3. The van der Waals surface area contributed by atoms with E-state index in [0.717, 1.165) is 36.3 Å². The van der Waals surface area contributed by atoms with E-state index < -0.39 is 0 Å². The molecule has 0 radical (unpaired) electrons. The van der Waals surface area contributed by atoms with Crippen molar-refractivity contribution in [1.82, 2.24) is 4.90 Å². The van der Waals surface area contributed by atoms with Gasteiger partial charge in [0.15, 0.2) is 0 Å². The number of hydrogen-bond donors (Lipinski definition) is 0. The van der Waals surface area contributed by atoms with Crippen molar-refractivity contribution in [2.24, 2.45) is 4.99 Å². The second-order valence-corrected chi connectivity index (χ2v) is 6.04. The van der Waals surface area contributed by atoms with Gasteiger partial charge in [-0.1, -0.05) is 23.7 Å². The van der Waals surface area contributed by atoms with Crippen LogP contribution in [0.1, 0.15) is 19.4 Å². The van der Waals surface area contributed by atoms with Gasteiger partial charge in [-0.3, -0.25) is 4.99 Å². The van der Waals surface area contributed by atoms with E-state index in [2.05, 4.69) is 41.6 Å². The average molecular weight is 264 g/mol. The van der Waals surface area contributed by atoms with E-state index in [1.165, 1.54) is 5.56 Å². The largest absolute Gasteiger partial charge is 0.334 e. The van der Waals surface area contributed by atoms with Crippen LogP contribution in [0.25, 0.3) is 0 Å². The van der Waals surface area contributed by atoms with Gasteiger partial charge in [-0.05, 0) is 32.4 Å². The zero-order valence-corrected chi connectivity index (χ0v) is 11.8. The molecule has 18 heavy (non-hydrogen) atoms. The van der Waals surface area contributed by atoms with Crippen molar-refractivity contribution in [3.05, 3.63) is 28.8 Å². The summed E-state index contributed by atoms with van der Waals surface area (Å²) < 4.78 is 0. The fraction of sp³-hybridized carbons (Fsp3) is 0.500. The molecule has 1 aromatic rings. The van der Waals surface area contributed by atoms with Crippen LogP contribution in [0.4, 0.5) is 5.69 Å². The van der Waals surface area contributed by atoms with Gasteiger partial charge in [-0.15, -0.1) is 0 Å². The monoisotopic (exact) mass is 263 g/mol. The standard InChI is InChI=1S/C14H18ClN3/c1-10-5-4-6-11(15)12(10)17-9-14(2,3)18-8-7-16-13(17)18/h4-6H,7-9H2,1-3H3. The Hall–Kier alpha value is -1.22. The molecule has 1 fully saturated rings. The zero-order chi connectivity index (χ0) is 12.9. The molecule has 3 rings (SSSR count). The molecule has 2 aliphatic rings. The van der Waals surface area contributed by atoms with Gasteiger partial charge in [0, 0.05) is 13.1 Å². The van der Waals surface area contributed by atoms with Crippen molar-refractivity contribution in [3.63, 3.8) is 0 Å². The predicted molar refractivity (Wildman–Crippen MR) is 76.6 cm³/mol. The van der Waals surface area contributed by atoms with Crippen LogP contribution in [0.15, 0.2) is 23.2 Å². The number of halogens is 1. The first kappa shape index (κ1) is 11.8. The Kier molecular flexibility index (Phi) is 2.56. The number of anilines is 1. The Bertz CT molecular complexity index is 502. The van der Waals surface area contributed by atoms with Crippen molar-refractivity contribution in [2.75, 3.05) is 24.5 Å². The Morgan fingerprint density at radius 1 is 1.33 bits per heavy atom. The predicted octanol–water partition coefficient (Wildman–Crippen LogP) is 2.92.